The van der Waals surface area contributed by atoms with E-state index in [9.17, 15) is 24.2 Å². The first kappa shape index (κ1) is 24.3. The number of amides is 2. The van der Waals surface area contributed by atoms with Crippen LogP contribution in [-0.4, -0.2) is 70.3 Å². The second-order valence-electron chi connectivity index (χ2n) is 9.07. The number of carbonyl (C=O) groups is 2. The van der Waals surface area contributed by atoms with Gasteiger partial charge in [0.1, 0.15) is 6.04 Å². The average molecular weight is 432 g/mol. The molecule has 1 aliphatic carbocycles. The van der Waals surface area contributed by atoms with Gasteiger partial charge >= 0.3 is 0 Å². The predicted octanol–water partition coefficient (Wildman–Crippen LogP) is 1.29. The van der Waals surface area contributed by atoms with Crippen LogP contribution in [0.1, 0.15) is 58.8 Å². The summed E-state index contributed by atoms with van der Waals surface area (Å²) in [6.45, 7) is 4.13. The fourth-order valence-electron chi connectivity index (χ4n) is 4.36. The van der Waals surface area contributed by atoms with E-state index < -0.39 is 25.6 Å². The summed E-state index contributed by atoms with van der Waals surface area (Å²) < 4.78 is 12.5. The van der Waals surface area contributed by atoms with Crippen molar-refractivity contribution in [3.63, 3.8) is 0 Å². The highest BCUT2D eigenvalue weighted by Gasteiger charge is 2.37. The molecule has 1 heterocycles. The molecule has 0 spiro atoms. The lowest BCUT2D eigenvalue weighted by Gasteiger charge is -2.28. The molecule has 5 N–H and O–H groups in total. The Bertz CT molecular complexity index is 609. The summed E-state index contributed by atoms with van der Waals surface area (Å²) in [5.74, 6) is -0.336. The summed E-state index contributed by atoms with van der Waals surface area (Å²) >= 11 is 0. The van der Waals surface area contributed by atoms with Gasteiger partial charge in [0, 0.05) is 19.3 Å². The van der Waals surface area contributed by atoms with Crippen LogP contribution in [0.3, 0.4) is 0 Å². The van der Waals surface area contributed by atoms with Gasteiger partial charge in [-0.2, -0.15) is 0 Å². The third-order valence-electron chi connectivity index (χ3n) is 6.12. The van der Waals surface area contributed by atoms with Crippen LogP contribution in [0, 0.1) is 11.8 Å². The molecule has 29 heavy (non-hydrogen) atoms. The molecule has 0 aromatic carbocycles. The molecule has 8 nitrogen and oxygen atoms in total. The number of likely N-dealkylation sites (tertiary alicyclic amines) is 1. The Kier molecular flexibility index (Phi) is 9.14. The molecule has 2 amide bonds. The van der Waals surface area contributed by atoms with E-state index in [0.29, 0.717) is 13.0 Å². The van der Waals surface area contributed by atoms with Gasteiger partial charge in [-0.05, 0) is 37.5 Å². The third kappa shape index (κ3) is 7.35. The van der Waals surface area contributed by atoms with Crippen molar-refractivity contribution in [1.29, 1.82) is 0 Å². The Morgan fingerprint density at radius 2 is 1.83 bits per heavy atom. The number of hydrogen-bond acceptors (Lipinski definition) is 5. The Balaban J connectivity index is 1.81. The van der Waals surface area contributed by atoms with Crippen molar-refractivity contribution in [3.8, 4) is 0 Å². The predicted molar refractivity (Wildman–Crippen MR) is 113 cm³/mol. The van der Waals surface area contributed by atoms with Crippen LogP contribution in [0.4, 0.5) is 0 Å². The number of hydrogen-bond donors (Lipinski definition) is 4. The van der Waals surface area contributed by atoms with E-state index in [1.807, 2.05) is 13.8 Å². The first-order chi connectivity index (χ1) is 13.6. The molecule has 9 heteroatoms. The molecule has 1 unspecified atom stereocenters. The lowest BCUT2D eigenvalue weighted by Crippen LogP contribution is -2.53. The molecule has 0 bridgehead atoms. The molecule has 0 aromatic heterocycles. The minimum atomic E-state index is -3.44. The minimum Gasteiger partial charge on any atom is -0.391 e. The van der Waals surface area contributed by atoms with Crippen molar-refractivity contribution < 1.29 is 24.2 Å². The van der Waals surface area contributed by atoms with Gasteiger partial charge < -0.3 is 26.0 Å². The van der Waals surface area contributed by atoms with Gasteiger partial charge in [-0.15, -0.1) is 0 Å². The lowest BCUT2D eigenvalue weighted by molar-refractivity contribution is -0.140. The fraction of sp³-hybridized carbons (Fsp3) is 0.900. The van der Waals surface area contributed by atoms with Gasteiger partial charge in [0.15, 0.2) is 0 Å². The second kappa shape index (κ2) is 10.9. The SMILES string of the molecule is CC(C)[C@H](N)C(=O)N1CCC[C@H]1C(=O)NC[C@@H](O)CP(=O)(O)CC1CCCCC1. The lowest BCUT2D eigenvalue weighted by atomic mass is 9.91. The van der Waals surface area contributed by atoms with E-state index in [0.717, 1.165) is 32.1 Å². The van der Waals surface area contributed by atoms with Gasteiger partial charge in [0.25, 0.3) is 0 Å². The van der Waals surface area contributed by atoms with E-state index in [2.05, 4.69) is 5.32 Å². The monoisotopic (exact) mass is 431 g/mol. The number of nitrogens with two attached hydrogens (primary N) is 1. The molecular weight excluding hydrogens is 393 g/mol. The number of nitrogens with zero attached hydrogens (tertiary/aromatic N) is 1. The van der Waals surface area contributed by atoms with Crippen LogP contribution in [0.5, 0.6) is 0 Å². The van der Waals surface area contributed by atoms with Gasteiger partial charge in [0.2, 0.25) is 19.2 Å². The van der Waals surface area contributed by atoms with Gasteiger partial charge in [0.05, 0.1) is 18.3 Å². The molecule has 2 aliphatic rings. The maximum Gasteiger partial charge on any atom is 0.242 e. The van der Waals surface area contributed by atoms with Crippen LogP contribution < -0.4 is 11.1 Å². The Morgan fingerprint density at radius 3 is 2.45 bits per heavy atom. The Labute approximate surface area is 174 Å². The van der Waals surface area contributed by atoms with Crippen LogP contribution in [0.2, 0.25) is 0 Å². The fourth-order valence-corrected chi connectivity index (χ4v) is 6.47. The summed E-state index contributed by atoms with van der Waals surface area (Å²) in [4.78, 5) is 36.8. The van der Waals surface area contributed by atoms with Crippen LogP contribution in [0.15, 0.2) is 0 Å². The molecule has 0 aromatic rings. The zero-order valence-electron chi connectivity index (χ0n) is 17.8. The molecule has 1 aliphatic heterocycles. The Morgan fingerprint density at radius 1 is 1.17 bits per heavy atom. The summed E-state index contributed by atoms with van der Waals surface area (Å²) in [5, 5.41) is 12.8. The maximum atomic E-state index is 12.6. The van der Waals surface area contributed by atoms with Crippen molar-refractivity contribution in [2.75, 3.05) is 25.4 Å². The minimum absolute atomic E-state index is 0.0171. The first-order valence-electron chi connectivity index (χ1n) is 10.9. The summed E-state index contributed by atoms with van der Waals surface area (Å²) in [7, 11) is -3.44. The van der Waals surface area contributed by atoms with E-state index in [1.54, 1.807) is 0 Å². The van der Waals surface area contributed by atoms with Crippen molar-refractivity contribution in [1.82, 2.24) is 10.2 Å². The third-order valence-corrected chi connectivity index (χ3v) is 8.20. The Hall–Kier alpha value is -0.950. The summed E-state index contributed by atoms with van der Waals surface area (Å²) in [6, 6.07) is -1.24. The molecule has 1 saturated carbocycles. The highest BCUT2D eigenvalue weighted by molar-refractivity contribution is 7.58. The van der Waals surface area contributed by atoms with E-state index in [1.165, 1.54) is 11.3 Å². The number of aliphatic hydroxyl groups is 1. The second-order valence-corrected chi connectivity index (χ2v) is 11.5. The van der Waals surface area contributed by atoms with Gasteiger partial charge in [-0.1, -0.05) is 33.1 Å². The zero-order valence-corrected chi connectivity index (χ0v) is 18.7. The average Bonchev–Trinajstić information content (AvgIpc) is 3.14. The smallest absolute Gasteiger partial charge is 0.242 e. The van der Waals surface area contributed by atoms with Gasteiger partial charge in [-0.25, -0.2) is 0 Å². The molecule has 0 radical (unpaired) electrons. The van der Waals surface area contributed by atoms with E-state index >= 15 is 0 Å². The van der Waals surface area contributed by atoms with Crippen LogP contribution in [0.25, 0.3) is 0 Å². The summed E-state index contributed by atoms with van der Waals surface area (Å²) in [6.07, 6.45) is 5.56. The number of aliphatic hydroxyl groups excluding tert-OH is 1. The zero-order chi connectivity index (χ0) is 21.6. The van der Waals surface area contributed by atoms with E-state index in [4.69, 9.17) is 5.73 Å². The van der Waals surface area contributed by atoms with Crippen molar-refractivity contribution in [2.24, 2.45) is 17.6 Å². The first-order valence-corrected chi connectivity index (χ1v) is 13.0. The topological polar surface area (TPSA) is 133 Å². The largest absolute Gasteiger partial charge is 0.391 e. The van der Waals surface area contributed by atoms with E-state index in [-0.39, 0.29) is 42.5 Å². The number of rotatable bonds is 9. The molecule has 168 valence electrons. The maximum absolute atomic E-state index is 12.6. The van der Waals surface area contributed by atoms with Crippen LogP contribution in [-0.2, 0) is 14.2 Å². The standard InChI is InChI=1S/C20H38N3O5P/c1-14(2)18(21)20(26)23-10-6-9-17(23)19(25)22-11-16(24)13-29(27,28)12-15-7-4-3-5-8-15/h14-18,24H,3-13,21H2,1-2H3,(H,22,25)(H,27,28)/t16-,17+,18+/m1/s1. The van der Waals surface area contributed by atoms with Gasteiger partial charge in [-0.3, -0.25) is 14.2 Å². The highest BCUT2D eigenvalue weighted by Crippen LogP contribution is 2.45. The van der Waals surface area contributed by atoms with Crippen LogP contribution >= 0.6 is 7.37 Å². The van der Waals surface area contributed by atoms with Crippen molar-refractivity contribution in [3.05, 3.63) is 0 Å². The quantitative estimate of drug-likeness (QED) is 0.407. The molecule has 2 rings (SSSR count). The molecule has 1 saturated heterocycles. The highest BCUT2D eigenvalue weighted by atomic mass is 31.2. The number of nitrogens with one attached hydrogen (secondary N) is 1. The van der Waals surface area contributed by atoms with Crippen molar-refractivity contribution >= 4 is 19.2 Å². The normalized spacial score (nSPS) is 24.9. The molecular formula is C20H38N3O5P. The number of carbonyl (C=O) groups excluding carboxylic acids is 2. The van der Waals surface area contributed by atoms with Crippen molar-refractivity contribution in [2.45, 2.75) is 77.0 Å². The molecule has 4 atom stereocenters. The summed E-state index contributed by atoms with van der Waals surface area (Å²) in [5.41, 5.74) is 5.95. The molecule has 2 fully saturated rings.